The van der Waals surface area contributed by atoms with Gasteiger partial charge in [-0.05, 0) is 37.1 Å². The molecule has 1 amide bonds. The van der Waals surface area contributed by atoms with Crippen LogP contribution in [0.5, 0.6) is 0 Å². The van der Waals surface area contributed by atoms with Crippen LogP contribution in [0.15, 0.2) is 30.5 Å². The lowest BCUT2D eigenvalue weighted by Gasteiger charge is -2.29. The molecule has 0 aliphatic heterocycles. The highest BCUT2D eigenvalue weighted by atomic mass is 16.1. The van der Waals surface area contributed by atoms with Gasteiger partial charge in [0.1, 0.15) is 11.4 Å². The monoisotopic (exact) mass is 341 g/mol. The number of anilines is 4. The molecule has 8 heteroatoms. The lowest BCUT2D eigenvalue weighted by atomic mass is 9.91. The quantitative estimate of drug-likeness (QED) is 0.519. The first-order valence-electron chi connectivity index (χ1n) is 8.34. The summed E-state index contributed by atoms with van der Waals surface area (Å²) in [6, 6.07) is 7.30. The van der Waals surface area contributed by atoms with Gasteiger partial charge in [-0.3, -0.25) is 4.79 Å². The second kappa shape index (κ2) is 7.35. The minimum Gasteiger partial charge on any atom is -0.399 e. The number of primary amides is 1. The minimum absolute atomic E-state index is 0.0710. The fourth-order valence-corrected chi connectivity index (χ4v) is 2.93. The van der Waals surface area contributed by atoms with Crippen molar-refractivity contribution in [3.63, 3.8) is 0 Å². The smallest absolute Gasteiger partial charge is 0.254 e. The average molecular weight is 341 g/mol. The van der Waals surface area contributed by atoms with Crippen LogP contribution in [0.1, 0.15) is 36.0 Å². The fourth-order valence-electron chi connectivity index (χ4n) is 2.93. The Hall–Kier alpha value is -2.87. The molecule has 1 aromatic carbocycles. The molecule has 1 fully saturated rings. The van der Waals surface area contributed by atoms with E-state index in [-0.39, 0.29) is 17.6 Å². The van der Waals surface area contributed by atoms with Crippen molar-refractivity contribution in [1.82, 2.24) is 9.97 Å². The molecule has 2 atom stereocenters. The molecule has 0 spiro atoms. The van der Waals surface area contributed by atoms with Gasteiger partial charge in [0.05, 0.1) is 0 Å². The molecule has 0 unspecified atom stereocenters. The van der Waals surface area contributed by atoms with E-state index in [2.05, 4.69) is 20.6 Å². The molecule has 8 N–H and O–H groups in total. The van der Waals surface area contributed by atoms with E-state index in [4.69, 9.17) is 17.2 Å². The van der Waals surface area contributed by atoms with Crippen LogP contribution in [-0.4, -0.2) is 28.0 Å². The van der Waals surface area contributed by atoms with Crippen LogP contribution < -0.4 is 27.8 Å². The third-order valence-corrected chi connectivity index (χ3v) is 4.36. The Morgan fingerprint density at radius 2 is 1.88 bits per heavy atom. The Morgan fingerprint density at radius 3 is 2.56 bits per heavy atom. The Labute approximate surface area is 146 Å². The zero-order valence-electron chi connectivity index (χ0n) is 13.9. The average Bonchev–Trinajstić information content (AvgIpc) is 2.59. The van der Waals surface area contributed by atoms with Crippen LogP contribution in [0.25, 0.3) is 0 Å². The number of carbonyl (C=O) groups is 1. The molecule has 1 aromatic heterocycles. The first-order valence-corrected chi connectivity index (χ1v) is 8.34. The van der Waals surface area contributed by atoms with Crippen LogP contribution in [0.4, 0.5) is 23.1 Å². The van der Waals surface area contributed by atoms with Crippen molar-refractivity contribution in [3.8, 4) is 0 Å². The van der Waals surface area contributed by atoms with E-state index < -0.39 is 5.91 Å². The van der Waals surface area contributed by atoms with E-state index in [9.17, 15) is 4.79 Å². The maximum atomic E-state index is 11.7. The summed E-state index contributed by atoms with van der Waals surface area (Å²) in [6.45, 7) is 0. The number of amides is 1. The Bertz CT molecular complexity index is 747. The van der Waals surface area contributed by atoms with Gasteiger partial charge in [-0.15, -0.1) is 0 Å². The summed E-state index contributed by atoms with van der Waals surface area (Å²) < 4.78 is 0. The van der Waals surface area contributed by atoms with Crippen molar-refractivity contribution in [1.29, 1.82) is 0 Å². The largest absolute Gasteiger partial charge is 0.399 e. The van der Waals surface area contributed by atoms with Gasteiger partial charge in [0, 0.05) is 29.7 Å². The van der Waals surface area contributed by atoms with Gasteiger partial charge in [-0.2, -0.15) is 4.98 Å². The second-order valence-electron chi connectivity index (χ2n) is 6.27. The number of hydrogen-bond acceptors (Lipinski definition) is 7. The fraction of sp³-hybridized carbons (Fsp3) is 0.353. The molecular formula is C17H23N7O. The van der Waals surface area contributed by atoms with E-state index >= 15 is 0 Å². The molecule has 0 saturated heterocycles. The maximum absolute atomic E-state index is 11.7. The number of hydrogen-bond donors (Lipinski definition) is 5. The second-order valence-corrected chi connectivity index (χ2v) is 6.27. The molecule has 2 aromatic rings. The van der Waals surface area contributed by atoms with Gasteiger partial charge in [-0.25, -0.2) is 4.98 Å². The number of nitrogens with one attached hydrogen (secondary N) is 2. The highest BCUT2D eigenvalue weighted by Gasteiger charge is 2.23. The lowest BCUT2D eigenvalue weighted by Crippen LogP contribution is -2.43. The number of nitrogens with two attached hydrogens (primary N) is 3. The van der Waals surface area contributed by atoms with Crippen molar-refractivity contribution in [2.24, 2.45) is 11.5 Å². The molecule has 3 rings (SSSR count). The molecule has 1 heterocycles. The number of benzene rings is 1. The van der Waals surface area contributed by atoms with Crippen LogP contribution >= 0.6 is 0 Å². The standard InChI is InChI=1S/C17H23N7O/c18-10-5-7-11(8-6-10)22-16-12(15(20)25)9-21-17(24-16)23-14-4-2-1-3-13(14)19/h5-9,13-14H,1-4,18-19H2,(H2,20,25)(H2,21,22,23,24)/t13-,14+/m0/s1. The van der Waals surface area contributed by atoms with E-state index in [0.29, 0.717) is 17.5 Å². The van der Waals surface area contributed by atoms with E-state index in [0.717, 1.165) is 31.4 Å². The SMILES string of the molecule is NC(=O)c1cnc(N[C@@H]2CCCC[C@@H]2N)nc1Nc1ccc(N)cc1. The summed E-state index contributed by atoms with van der Waals surface area (Å²) >= 11 is 0. The molecule has 1 saturated carbocycles. The number of carbonyl (C=O) groups excluding carboxylic acids is 1. The molecule has 0 radical (unpaired) electrons. The van der Waals surface area contributed by atoms with Gasteiger partial charge in [0.2, 0.25) is 5.95 Å². The summed E-state index contributed by atoms with van der Waals surface area (Å²) in [6.07, 6.45) is 5.65. The molecule has 1 aliphatic rings. The minimum atomic E-state index is -0.598. The van der Waals surface area contributed by atoms with Crippen LogP contribution in [0, 0.1) is 0 Å². The summed E-state index contributed by atoms with van der Waals surface area (Å²) in [7, 11) is 0. The predicted molar refractivity (Wildman–Crippen MR) is 98.5 cm³/mol. The highest BCUT2D eigenvalue weighted by molar-refractivity contribution is 5.98. The van der Waals surface area contributed by atoms with Crippen LogP contribution in [0.3, 0.4) is 0 Å². The third kappa shape index (κ3) is 4.16. The Balaban J connectivity index is 1.83. The molecule has 25 heavy (non-hydrogen) atoms. The molecule has 0 bridgehead atoms. The zero-order chi connectivity index (χ0) is 17.8. The van der Waals surface area contributed by atoms with E-state index in [1.165, 1.54) is 6.20 Å². The highest BCUT2D eigenvalue weighted by Crippen LogP contribution is 2.23. The van der Waals surface area contributed by atoms with E-state index in [1.807, 2.05) is 0 Å². The third-order valence-electron chi connectivity index (χ3n) is 4.36. The normalized spacial score (nSPS) is 20.0. The molecule has 8 nitrogen and oxygen atoms in total. The molecular weight excluding hydrogens is 318 g/mol. The van der Waals surface area contributed by atoms with Crippen molar-refractivity contribution in [2.75, 3.05) is 16.4 Å². The Morgan fingerprint density at radius 1 is 1.16 bits per heavy atom. The van der Waals surface area contributed by atoms with Crippen molar-refractivity contribution in [3.05, 3.63) is 36.0 Å². The van der Waals surface area contributed by atoms with Gasteiger partial charge >= 0.3 is 0 Å². The lowest BCUT2D eigenvalue weighted by molar-refractivity contribution is 0.100. The number of nitrogens with zero attached hydrogens (tertiary/aromatic N) is 2. The van der Waals surface area contributed by atoms with Gasteiger partial charge in [-0.1, -0.05) is 12.8 Å². The van der Waals surface area contributed by atoms with Crippen LogP contribution in [0.2, 0.25) is 0 Å². The first kappa shape index (κ1) is 17.0. The summed E-state index contributed by atoms with van der Waals surface area (Å²) in [5, 5.41) is 6.36. The predicted octanol–water partition coefficient (Wildman–Crippen LogP) is 1.58. The first-order chi connectivity index (χ1) is 12.0. The number of aromatic nitrogens is 2. The molecule has 1 aliphatic carbocycles. The van der Waals surface area contributed by atoms with Gasteiger partial charge in [0.25, 0.3) is 5.91 Å². The van der Waals surface area contributed by atoms with E-state index in [1.54, 1.807) is 24.3 Å². The summed E-state index contributed by atoms with van der Waals surface area (Å²) in [5.74, 6) is 0.170. The van der Waals surface area contributed by atoms with Crippen LogP contribution in [-0.2, 0) is 0 Å². The number of nitrogen functional groups attached to an aromatic ring is 1. The van der Waals surface area contributed by atoms with Gasteiger partial charge < -0.3 is 27.8 Å². The van der Waals surface area contributed by atoms with Gasteiger partial charge in [0.15, 0.2) is 0 Å². The summed E-state index contributed by atoms with van der Waals surface area (Å²) in [5.41, 5.74) is 18.9. The maximum Gasteiger partial charge on any atom is 0.254 e. The van der Waals surface area contributed by atoms with Crippen molar-refractivity contribution in [2.45, 2.75) is 37.8 Å². The zero-order valence-corrected chi connectivity index (χ0v) is 13.9. The Kier molecular flexibility index (Phi) is 4.99. The van der Waals surface area contributed by atoms with Crippen molar-refractivity contribution < 1.29 is 4.79 Å². The van der Waals surface area contributed by atoms with Crippen molar-refractivity contribution >= 4 is 29.0 Å². The summed E-state index contributed by atoms with van der Waals surface area (Å²) in [4.78, 5) is 20.3. The number of rotatable bonds is 5. The topological polar surface area (TPSA) is 145 Å². The molecule has 132 valence electrons.